The summed E-state index contributed by atoms with van der Waals surface area (Å²) in [6, 6.07) is 2.42. The van der Waals surface area contributed by atoms with Crippen molar-refractivity contribution in [3.8, 4) is 0 Å². The molecule has 110 valence electrons. The normalized spacial score (nSPS) is 12.3. The van der Waals surface area contributed by atoms with Gasteiger partial charge < -0.3 is 5.43 Å². The first-order chi connectivity index (χ1) is 9.40. The Kier molecular flexibility index (Phi) is 3.85. The maximum Gasteiger partial charge on any atom is 0.433 e. The molecule has 0 aromatic carbocycles. The van der Waals surface area contributed by atoms with Crippen molar-refractivity contribution in [3.63, 3.8) is 0 Å². The first-order valence-electron chi connectivity index (χ1n) is 6.35. The number of anilines is 1. The van der Waals surface area contributed by atoms with Crippen LogP contribution in [0.25, 0.3) is 5.65 Å². The molecule has 20 heavy (non-hydrogen) atoms. The number of hydrogen-bond donors (Lipinski definition) is 2. The summed E-state index contributed by atoms with van der Waals surface area (Å²) in [6.45, 7) is 4.02. The molecule has 8 heteroatoms. The zero-order chi connectivity index (χ0) is 14.9. The zero-order valence-corrected chi connectivity index (χ0v) is 11.2. The third-order valence-electron chi connectivity index (χ3n) is 3.29. The number of nitrogens with one attached hydrogen (secondary N) is 1. The molecule has 0 saturated heterocycles. The minimum Gasteiger partial charge on any atom is -0.308 e. The molecule has 5 nitrogen and oxygen atoms in total. The van der Waals surface area contributed by atoms with Crippen LogP contribution in [0.4, 0.5) is 19.0 Å². The third-order valence-corrected chi connectivity index (χ3v) is 3.29. The van der Waals surface area contributed by atoms with E-state index in [0.717, 1.165) is 24.6 Å². The highest BCUT2D eigenvalue weighted by Gasteiger charge is 2.34. The average molecular weight is 287 g/mol. The van der Waals surface area contributed by atoms with Crippen LogP contribution < -0.4 is 11.3 Å². The average Bonchev–Trinajstić information content (AvgIpc) is 2.81. The molecule has 0 spiro atoms. The topological polar surface area (TPSA) is 68.2 Å². The van der Waals surface area contributed by atoms with Crippen molar-refractivity contribution in [2.45, 2.75) is 38.8 Å². The third kappa shape index (κ3) is 2.55. The number of rotatable bonds is 4. The van der Waals surface area contributed by atoms with Crippen molar-refractivity contribution in [2.75, 3.05) is 5.43 Å². The quantitative estimate of drug-likeness (QED) is 0.670. The van der Waals surface area contributed by atoms with Crippen LogP contribution in [0.5, 0.6) is 0 Å². The summed E-state index contributed by atoms with van der Waals surface area (Å²) < 4.78 is 39.6. The SMILES string of the molecule is CCC(CC)c1cc2nc(C(F)(F)F)cc(NN)n2n1. The highest BCUT2D eigenvalue weighted by Crippen LogP contribution is 2.31. The summed E-state index contributed by atoms with van der Waals surface area (Å²) in [6.07, 6.45) is -2.80. The number of hydrazine groups is 1. The van der Waals surface area contributed by atoms with E-state index >= 15 is 0 Å². The second-order valence-electron chi connectivity index (χ2n) is 4.52. The molecule has 0 aliphatic heterocycles. The maximum atomic E-state index is 12.8. The van der Waals surface area contributed by atoms with Crippen molar-refractivity contribution < 1.29 is 13.2 Å². The Morgan fingerprint density at radius 3 is 2.45 bits per heavy atom. The summed E-state index contributed by atoms with van der Waals surface area (Å²) in [4.78, 5) is 3.61. The second kappa shape index (κ2) is 5.28. The highest BCUT2D eigenvalue weighted by atomic mass is 19.4. The van der Waals surface area contributed by atoms with Gasteiger partial charge in [0.2, 0.25) is 0 Å². The van der Waals surface area contributed by atoms with E-state index in [4.69, 9.17) is 5.84 Å². The van der Waals surface area contributed by atoms with Gasteiger partial charge in [0.15, 0.2) is 11.3 Å². The van der Waals surface area contributed by atoms with Gasteiger partial charge in [-0.05, 0) is 12.8 Å². The molecule has 0 atom stereocenters. The first-order valence-corrected chi connectivity index (χ1v) is 6.35. The fraction of sp³-hybridized carbons (Fsp3) is 0.500. The Bertz CT molecular complexity index is 601. The molecule has 0 amide bonds. The standard InChI is InChI=1S/C12H16F3N5/c1-3-7(4-2)8-5-10-17-9(12(13,14)15)6-11(18-16)20(10)19-8/h5-7,18H,3-4,16H2,1-2H3. The summed E-state index contributed by atoms with van der Waals surface area (Å²) in [5.41, 5.74) is 2.09. The molecule has 2 heterocycles. The Balaban J connectivity index is 2.61. The van der Waals surface area contributed by atoms with Gasteiger partial charge in [-0.15, -0.1) is 0 Å². The predicted molar refractivity (Wildman–Crippen MR) is 69.1 cm³/mol. The van der Waals surface area contributed by atoms with Gasteiger partial charge in [-0.1, -0.05) is 13.8 Å². The molecule has 0 aliphatic rings. The summed E-state index contributed by atoms with van der Waals surface area (Å²) in [5, 5.41) is 4.29. The van der Waals surface area contributed by atoms with Crippen LogP contribution in [-0.4, -0.2) is 14.6 Å². The summed E-state index contributed by atoms with van der Waals surface area (Å²) in [5.74, 6) is 5.52. The lowest BCUT2D eigenvalue weighted by Crippen LogP contribution is -2.16. The van der Waals surface area contributed by atoms with Crippen LogP contribution in [0, 0.1) is 0 Å². The van der Waals surface area contributed by atoms with Crippen molar-refractivity contribution in [1.82, 2.24) is 14.6 Å². The smallest absolute Gasteiger partial charge is 0.308 e. The summed E-state index contributed by atoms with van der Waals surface area (Å²) in [7, 11) is 0. The highest BCUT2D eigenvalue weighted by molar-refractivity contribution is 5.50. The van der Waals surface area contributed by atoms with Crippen molar-refractivity contribution in [2.24, 2.45) is 5.84 Å². The fourth-order valence-corrected chi connectivity index (χ4v) is 2.15. The van der Waals surface area contributed by atoms with Gasteiger partial charge in [0.1, 0.15) is 5.82 Å². The molecular formula is C12H16F3N5. The molecule has 2 aromatic heterocycles. The van der Waals surface area contributed by atoms with Crippen LogP contribution in [0.2, 0.25) is 0 Å². The Labute approximate surface area is 114 Å². The van der Waals surface area contributed by atoms with Crippen LogP contribution in [0.3, 0.4) is 0 Å². The molecule has 3 N–H and O–H groups in total. The molecule has 0 aliphatic carbocycles. The number of aromatic nitrogens is 3. The number of alkyl halides is 3. The Morgan fingerprint density at radius 2 is 1.95 bits per heavy atom. The lowest BCUT2D eigenvalue weighted by atomic mass is 10.00. The van der Waals surface area contributed by atoms with Gasteiger partial charge in [0.25, 0.3) is 0 Å². The van der Waals surface area contributed by atoms with Crippen molar-refractivity contribution in [1.29, 1.82) is 0 Å². The number of nitrogen functional groups attached to an aromatic ring is 1. The van der Waals surface area contributed by atoms with Crippen LogP contribution in [0.15, 0.2) is 12.1 Å². The van der Waals surface area contributed by atoms with Gasteiger partial charge in [-0.2, -0.15) is 22.8 Å². The largest absolute Gasteiger partial charge is 0.433 e. The van der Waals surface area contributed by atoms with E-state index in [9.17, 15) is 13.2 Å². The zero-order valence-electron chi connectivity index (χ0n) is 11.2. The monoisotopic (exact) mass is 287 g/mol. The molecule has 0 fully saturated rings. The molecular weight excluding hydrogens is 271 g/mol. The number of nitrogens with two attached hydrogens (primary N) is 1. The van der Waals surface area contributed by atoms with E-state index < -0.39 is 11.9 Å². The molecule has 0 bridgehead atoms. The van der Waals surface area contributed by atoms with Gasteiger partial charge in [-0.25, -0.2) is 10.8 Å². The van der Waals surface area contributed by atoms with E-state index in [1.54, 1.807) is 6.07 Å². The Hall–Kier alpha value is -1.83. The molecule has 2 aromatic rings. The molecule has 0 saturated carbocycles. The van der Waals surface area contributed by atoms with E-state index in [1.165, 1.54) is 4.52 Å². The van der Waals surface area contributed by atoms with Gasteiger partial charge in [0.05, 0.1) is 5.69 Å². The van der Waals surface area contributed by atoms with Crippen LogP contribution in [-0.2, 0) is 6.18 Å². The van der Waals surface area contributed by atoms with Crippen LogP contribution in [0.1, 0.15) is 44.0 Å². The minimum absolute atomic E-state index is 0.0551. The van der Waals surface area contributed by atoms with Crippen LogP contribution >= 0.6 is 0 Å². The van der Waals surface area contributed by atoms with E-state index in [1.807, 2.05) is 13.8 Å². The summed E-state index contributed by atoms with van der Waals surface area (Å²) >= 11 is 0. The lowest BCUT2D eigenvalue weighted by Gasteiger charge is -2.09. The fourth-order valence-electron chi connectivity index (χ4n) is 2.15. The van der Waals surface area contributed by atoms with E-state index in [2.05, 4.69) is 15.5 Å². The molecule has 0 radical (unpaired) electrons. The number of nitrogens with zero attached hydrogens (tertiary/aromatic N) is 3. The van der Waals surface area contributed by atoms with Gasteiger partial charge >= 0.3 is 6.18 Å². The first kappa shape index (κ1) is 14.6. The second-order valence-corrected chi connectivity index (χ2v) is 4.52. The van der Waals surface area contributed by atoms with Gasteiger partial charge in [-0.3, -0.25) is 0 Å². The maximum absolute atomic E-state index is 12.8. The minimum atomic E-state index is -4.52. The number of halogens is 3. The predicted octanol–water partition coefficient (Wildman–Crippen LogP) is 2.94. The number of hydrogen-bond acceptors (Lipinski definition) is 4. The molecule has 2 rings (SSSR count). The van der Waals surface area contributed by atoms with E-state index in [0.29, 0.717) is 0 Å². The molecule has 0 unspecified atom stereocenters. The lowest BCUT2D eigenvalue weighted by molar-refractivity contribution is -0.141. The van der Waals surface area contributed by atoms with E-state index in [-0.39, 0.29) is 17.4 Å². The van der Waals surface area contributed by atoms with Crippen molar-refractivity contribution in [3.05, 3.63) is 23.5 Å². The van der Waals surface area contributed by atoms with Crippen molar-refractivity contribution >= 4 is 11.5 Å². The Morgan fingerprint density at radius 1 is 1.30 bits per heavy atom. The van der Waals surface area contributed by atoms with Gasteiger partial charge in [0, 0.05) is 18.1 Å². The number of fused-ring (bicyclic) bond motifs is 1.